The number of alkyl halides is 1. The molecule has 3 aromatic rings. The number of carbonyl (C=O) groups is 1. The van der Waals surface area contributed by atoms with Gasteiger partial charge in [0.1, 0.15) is 42.7 Å². The molecule has 1 aromatic carbocycles. The van der Waals surface area contributed by atoms with Crippen LogP contribution in [0.2, 0.25) is 0 Å². The van der Waals surface area contributed by atoms with Gasteiger partial charge in [-0.05, 0) is 93.3 Å². The van der Waals surface area contributed by atoms with Crippen LogP contribution in [0, 0.1) is 17.8 Å². The van der Waals surface area contributed by atoms with E-state index in [2.05, 4.69) is 25.2 Å². The van der Waals surface area contributed by atoms with Gasteiger partial charge in [-0.15, -0.1) is 5.10 Å². The molecule has 0 radical (unpaired) electrons. The zero-order chi connectivity index (χ0) is 55.2. The van der Waals surface area contributed by atoms with Gasteiger partial charge in [0.25, 0.3) is 0 Å². The van der Waals surface area contributed by atoms with Gasteiger partial charge in [-0.3, -0.25) is 14.8 Å². The van der Waals surface area contributed by atoms with Gasteiger partial charge in [-0.25, -0.2) is 9.07 Å². The Kier molecular flexibility index (Phi) is 20.9. The predicted molar refractivity (Wildman–Crippen MR) is 278 cm³/mol. The second kappa shape index (κ2) is 25.9. The highest BCUT2D eigenvalue weighted by atomic mass is 19.1. The van der Waals surface area contributed by atoms with E-state index in [-0.39, 0.29) is 37.3 Å². The van der Waals surface area contributed by atoms with E-state index in [9.17, 15) is 29.6 Å². The first kappa shape index (κ1) is 60.6. The molecule has 0 bridgehead atoms. The minimum atomic E-state index is -1.82. The third-order valence-electron chi connectivity index (χ3n) is 16.5. The summed E-state index contributed by atoms with van der Waals surface area (Å²) in [5.41, 5.74) is -1.33. The standard InChI is InChI=1S/C55H88FN7O12/c1-15-44-55(10,68)49(64)36(6)62(12)30-32(2)26-53(8,67)51(34(4)47(35(5)52(66)73-44)74-46-27-54(9,70-14)50(65)37(7)72-46)75-45-25-41(24-33(3)71-45)61(11)23-20-40-31-63(60-59-40)43(28-56)48(69-13)39-18-16-38(17-19-39)42-29-57-21-22-58-42/h16-19,21-22,29,31-37,41,43-51,64-65,67-68H,15,20,23-28,30H2,1-14H3/t32-,33-,34+,35-,36-,37+,41+,43-,44-,45+,46+,47+,48-,49-,50+,51-,53-,54-,55-/m1/s1. The van der Waals surface area contributed by atoms with E-state index in [1.807, 2.05) is 71.0 Å². The van der Waals surface area contributed by atoms with Crippen molar-refractivity contribution in [2.75, 3.05) is 48.1 Å². The summed E-state index contributed by atoms with van der Waals surface area (Å²) in [5, 5.41) is 56.4. The van der Waals surface area contributed by atoms with E-state index in [0.29, 0.717) is 38.0 Å². The number of nitrogens with zero attached hydrogens (tertiary/aromatic N) is 7. The Morgan fingerprint density at radius 1 is 0.947 bits per heavy atom. The number of halogens is 1. The van der Waals surface area contributed by atoms with Crippen molar-refractivity contribution in [1.29, 1.82) is 0 Å². The van der Waals surface area contributed by atoms with Gasteiger partial charge in [-0.2, -0.15) is 0 Å². The first-order chi connectivity index (χ1) is 35.4. The van der Waals surface area contributed by atoms with Crippen LogP contribution < -0.4 is 0 Å². The van der Waals surface area contributed by atoms with Crippen molar-refractivity contribution in [3.8, 4) is 11.3 Å². The van der Waals surface area contributed by atoms with E-state index >= 15 is 0 Å². The molecule has 19 nitrogen and oxygen atoms in total. The Hall–Kier alpha value is -3.64. The average Bonchev–Trinajstić information content (AvgIpc) is 3.86. The van der Waals surface area contributed by atoms with Crippen LogP contribution in [0.1, 0.15) is 125 Å². The Balaban J connectivity index is 1.23. The summed E-state index contributed by atoms with van der Waals surface area (Å²) >= 11 is 0. The number of aliphatic hydroxyl groups excluding tert-OH is 2. The number of carbonyl (C=O) groups excluding carboxylic acids is 1. The number of esters is 1. The monoisotopic (exact) mass is 1060 g/mol. The first-order valence-electron chi connectivity index (χ1n) is 26.8. The fourth-order valence-electron chi connectivity index (χ4n) is 11.8. The molecule has 0 spiro atoms. The number of benzene rings is 1. The Bertz CT molecular complexity index is 2230. The van der Waals surface area contributed by atoms with E-state index in [4.69, 9.17) is 33.2 Å². The topological polar surface area (TPSA) is 226 Å². The van der Waals surface area contributed by atoms with Gasteiger partial charge in [0.15, 0.2) is 12.6 Å². The SMILES string of the molecule is CC[C@H]1OC(=O)[C@H](C)[C@@H](O[C@H]2C[C@@](C)(OC)[C@@H](O)[C@H](C)O2)[C@H](C)[C@@H](O[C@H]2C[C@@H](N(C)CCc3cn([C@H](CF)[C@H](OC)c4ccc(-c5cnccn5)cc4)nn3)C[C@@H](C)O2)[C@](C)(O)C[C@@H](C)CN(C)[C@H](C)[C@@H](O)[C@]1(C)O. The number of hydrogen-bond donors (Lipinski definition) is 4. The minimum Gasteiger partial charge on any atom is -0.459 e. The molecule has 422 valence electrons. The van der Waals surface area contributed by atoms with Gasteiger partial charge < -0.3 is 63.4 Å². The van der Waals surface area contributed by atoms with Crippen LogP contribution in [0.5, 0.6) is 0 Å². The third kappa shape index (κ3) is 14.4. The van der Waals surface area contributed by atoms with Crippen LogP contribution in [-0.4, -0.2) is 193 Å². The summed E-state index contributed by atoms with van der Waals surface area (Å²) in [6.07, 6.45) is 0.303. The molecular weight excluding hydrogens is 970 g/mol. The predicted octanol–water partition coefficient (Wildman–Crippen LogP) is 5.49. The maximum atomic E-state index is 14.9. The van der Waals surface area contributed by atoms with Crippen molar-refractivity contribution in [2.45, 2.75) is 204 Å². The molecule has 19 atom stereocenters. The van der Waals surface area contributed by atoms with Crippen molar-refractivity contribution >= 4 is 5.97 Å². The van der Waals surface area contributed by atoms with Crippen LogP contribution >= 0.6 is 0 Å². The lowest BCUT2D eigenvalue weighted by atomic mass is 9.77. The highest BCUT2D eigenvalue weighted by Crippen LogP contribution is 2.41. The molecule has 2 aromatic heterocycles. The summed E-state index contributed by atoms with van der Waals surface area (Å²) in [4.78, 5) is 27.2. The van der Waals surface area contributed by atoms with E-state index < -0.39 is 109 Å². The van der Waals surface area contributed by atoms with E-state index in [0.717, 1.165) is 16.8 Å². The van der Waals surface area contributed by atoms with Crippen molar-refractivity contribution in [3.05, 3.63) is 60.3 Å². The molecule has 3 aliphatic heterocycles. The molecule has 20 heteroatoms. The minimum absolute atomic E-state index is 0.0203. The van der Waals surface area contributed by atoms with Crippen molar-refractivity contribution < 1.29 is 62.8 Å². The van der Waals surface area contributed by atoms with E-state index in [1.54, 1.807) is 66.5 Å². The lowest BCUT2D eigenvalue weighted by Crippen LogP contribution is -2.59. The highest BCUT2D eigenvalue weighted by Gasteiger charge is 2.52. The zero-order valence-corrected chi connectivity index (χ0v) is 46.8. The maximum Gasteiger partial charge on any atom is 0.311 e. The number of hydrogen-bond acceptors (Lipinski definition) is 18. The average molecular weight is 1060 g/mol. The second-order valence-electron chi connectivity index (χ2n) is 22.6. The van der Waals surface area contributed by atoms with Crippen LogP contribution in [0.15, 0.2) is 49.1 Å². The molecule has 75 heavy (non-hydrogen) atoms. The third-order valence-corrected chi connectivity index (χ3v) is 16.5. The van der Waals surface area contributed by atoms with Gasteiger partial charge in [-0.1, -0.05) is 50.3 Å². The van der Waals surface area contributed by atoms with E-state index in [1.165, 1.54) is 18.7 Å². The molecule has 4 N–H and O–H groups in total. The number of rotatable bonds is 16. The summed E-state index contributed by atoms with van der Waals surface area (Å²) in [6.45, 7) is 18.2. The zero-order valence-electron chi connectivity index (χ0n) is 46.8. The highest BCUT2D eigenvalue weighted by molar-refractivity contribution is 5.73. The van der Waals surface area contributed by atoms with Crippen LogP contribution in [0.4, 0.5) is 4.39 Å². The number of aromatic nitrogens is 5. The molecule has 5 heterocycles. The van der Waals surface area contributed by atoms with Crippen molar-refractivity contribution in [2.24, 2.45) is 17.8 Å². The molecule has 0 unspecified atom stereocenters. The van der Waals surface area contributed by atoms with Crippen LogP contribution in [0.3, 0.4) is 0 Å². The second-order valence-corrected chi connectivity index (χ2v) is 22.6. The number of methoxy groups -OCH3 is 2. The van der Waals surface area contributed by atoms with Gasteiger partial charge in [0.2, 0.25) is 0 Å². The van der Waals surface area contributed by atoms with Gasteiger partial charge in [0, 0.05) is 88.7 Å². The number of ether oxygens (including phenoxy) is 7. The lowest BCUT2D eigenvalue weighted by Gasteiger charge is -2.48. The van der Waals surface area contributed by atoms with Crippen molar-refractivity contribution in [1.82, 2.24) is 34.8 Å². The molecule has 3 aliphatic rings. The number of likely N-dealkylation sites (N-methyl/N-ethyl adjacent to an activating group) is 2. The van der Waals surface area contributed by atoms with Gasteiger partial charge >= 0.3 is 5.97 Å². The van der Waals surface area contributed by atoms with Crippen molar-refractivity contribution in [3.63, 3.8) is 0 Å². The Morgan fingerprint density at radius 3 is 2.28 bits per heavy atom. The quantitative estimate of drug-likeness (QED) is 0.130. The smallest absolute Gasteiger partial charge is 0.311 e. The first-order valence-corrected chi connectivity index (χ1v) is 26.8. The number of aliphatic hydroxyl groups is 4. The fourth-order valence-corrected chi connectivity index (χ4v) is 11.8. The van der Waals surface area contributed by atoms with Crippen LogP contribution in [0.25, 0.3) is 11.3 Å². The summed E-state index contributed by atoms with van der Waals surface area (Å²) in [7, 11) is 6.96. The molecule has 6 rings (SSSR count). The molecule has 0 aliphatic carbocycles. The lowest BCUT2D eigenvalue weighted by molar-refractivity contribution is -0.308. The fraction of sp³-hybridized carbons (Fsp3) is 0.764. The maximum absolute atomic E-state index is 14.9. The summed E-state index contributed by atoms with van der Waals surface area (Å²) in [6, 6.07) is 6.27. The largest absolute Gasteiger partial charge is 0.459 e. The number of cyclic esters (lactones) is 1. The molecule has 0 saturated carbocycles. The molecular formula is C55H88FN7O12. The Labute approximate surface area is 443 Å². The molecule has 0 amide bonds. The summed E-state index contributed by atoms with van der Waals surface area (Å²) < 4.78 is 61.0. The van der Waals surface area contributed by atoms with Crippen LogP contribution in [-0.2, 0) is 44.4 Å². The molecule has 3 saturated heterocycles. The Morgan fingerprint density at radius 2 is 1.65 bits per heavy atom. The summed E-state index contributed by atoms with van der Waals surface area (Å²) in [5.74, 6) is -2.57. The van der Waals surface area contributed by atoms with Gasteiger partial charge in [0.05, 0.1) is 59.1 Å². The normalized spacial score (nSPS) is 37.8. The molecule has 3 fully saturated rings.